The zero-order valence-electron chi connectivity index (χ0n) is 13.2. The van der Waals surface area contributed by atoms with Crippen LogP contribution in [0.3, 0.4) is 0 Å². The lowest BCUT2D eigenvalue weighted by Gasteiger charge is -2.38. The molecule has 3 rings (SSSR count). The van der Waals surface area contributed by atoms with Crippen molar-refractivity contribution in [1.82, 2.24) is 14.9 Å². The second kappa shape index (κ2) is 6.16. The second-order valence-electron chi connectivity index (χ2n) is 6.02. The summed E-state index contributed by atoms with van der Waals surface area (Å²) in [5, 5.41) is 0.867. The van der Waals surface area contributed by atoms with Crippen LogP contribution in [0, 0.1) is 6.92 Å². The number of likely N-dealkylation sites (tertiary alicyclic amines) is 1. The Kier molecular flexibility index (Phi) is 4.25. The molecule has 0 aromatic carbocycles. The molecule has 1 fully saturated rings. The predicted octanol–water partition coefficient (Wildman–Crippen LogP) is 3.92. The molecule has 1 amide bonds. The zero-order chi connectivity index (χ0) is 15.7. The van der Waals surface area contributed by atoms with Crippen LogP contribution >= 0.6 is 11.3 Å². The van der Waals surface area contributed by atoms with Crippen LogP contribution in [0.15, 0.2) is 24.5 Å². The van der Waals surface area contributed by atoms with Gasteiger partial charge in [0.1, 0.15) is 9.88 Å². The number of piperidine rings is 1. The van der Waals surface area contributed by atoms with E-state index in [9.17, 15) is 4.79 Å². The molecular formula is C17H21N3OS. The van der Waals surface area contributed by atoms with Gasteiger partial charge in [0.15, 0.2) is 0 Å². The average molecular weight is 315 g/mol. The standard InChI is InChI=1S/C17H21N3OS/c1-11-6-4-7-12(2)20(11)17(21)15-13(3)19-16(22-15)14-8-5-9-18-10-14/h5,8-12H,4,6-7H2,1-3H3. The molecule has 2 atom stereocenters. The molecule has 1 saturated heterocycles. The number of rotatable bonds is 2. The summed E-state index contributed by atoms with van der Waals surface area (Å²) in [4.78, 5) is 24.5. The smallest absolute Gasteiger partial charge is 0.266 e. The lowest BCUT2D eigenvalue weighted by molar-refractivity contribution is 0.0515. The van der Waals surface area contributed by atoms with Crippen molar-refractivity contribution in [2.24, 2.45) is 0 Å². The van der Waals surface area contributed by atoms with Gasteiger partial charge < -0.3 is 4.90 Å². The van der Waals surface area contributed by atoms with Crippen LogP contribution in [0.2, 0.25) is 0 Å². The van der Waals surface area contributed by atoms with Crippen LogP contribution in [0.4, 0.5) is 0 Å². The molecule has 2 aromatic rings. The van der Waals surface area contributed by atoms with Gasteiger partial charge in [-0.25, -0.2) is 4.98 Å². The number of hydrogen-bond acceptors (Lipinski definition) is 4. The molecule has 2 unspecified atom stereocenters. The summed E-state index contributed by atoms with van der Waals surface area (Å²) in [6.07, 6.45) is 6.91. The maximum atomic E-state index is 13.0. The molecule has 0 radical (unpaired) electrons. The minimum atomic E-state index is 0.129. The van der Waals surface area contributed by atoms with Gasteiger partial charge in [0.2, 0.25) is 0 Å². The molecule has 0 N–H and O–H groups in total. The van der Waals surface area contributed by atoms with Crippen LogP contribution < -0.4 is 0 Å². The van der Waals surface area contributed by atoms with Gasteiger partial charge >= 0.3 is 0 Å². The van der Waals surface area contributed by atoms with Crippen LogP contribution in [0.5, 0.6) is 0 Å². The first kappa shape index (κ1) is 15.2. The van der Waals surface area contributed by atoms with Crippen molar-refractivity contribution in [2.75, 3.05) is 0 Å². The SMILES string of the molecule is Cc1nc(-c2cccnc2)sc1C(=O)N1C(C)CCCC1C. The summed E-state index contributed by atoms with van der Waals surface area (Å²) in [5.41, 5.74) is 1.79. The van der Waals surface area contributed by atoms with Crippen molar-refractivity contribution in [1.29, 1.82) is 0 Å². The van der Waals surface area contributed by atoms with Crippen LogP contribution in [-0.2, 0) is 0 Å². The molecule has 5 heteroatoms. The summed E-state index contributed by atoms with van der Waals surface area (Å²) in [6, 6.07) is 4.48. The maximum absolute atomic E-state index is 13.0. The van der Waals surface area contributed by atoms with E-state index >= 15 is 0 Å². The Morgan fingerprint density at radius 2 is 2.05 bits per heavy atom. The van der Waals surface area contributed by atoms with Gasteiger partial charge in [0, 0.05) is 30.0 Å². The lowest BCUT2D eigenvalue weighted by atomic mass is 9.97. The Labute approximate surface area is 135 Å². The molecule has 1 aliphatic heterocycles. The Morgan fingerprint density at radius 3 is 2.68 bits per heavy atom. The van der Waals surface area contributed by atoms with E-state index in [1.165, 1.54) is 17.8 Å². The van der Waals surface area contributed by atoms with Crippen molar-refractivity contribution in [2.45, 2.75) is 52.1 Å². The van der Waals surface area contributed by atoms with Crippen LogP contribution in [0.1, 0.15) is 48.5 Å². The molecule has 0 aliphatic carbocycles. The Balaban J connectivity index is 1.92. The van der Waals surface area contributed by atoms with Crippen molar-refractivity contribution < 1.29 is 4.79 Å². The van der Waals surface area contributed by atoms with E-state index in [0.717, 1.165) is 34.0 Å². The first-order valence-electron chi connectivity index (χ1n) is 7.78. The molecule has 4 nitrogen and oxygen atoms in total. The van der Waals surface area contributed by atoms with E-state index in [1.807, 2.05) is 24.0 Å². The number of pyridine rings is 1. The number of aromatic nitrogens is 2. The first-order chi connectivity index (χ1) is 10.6. The quantitative estimate of drug-likeness (QED) is 0.844. The fourth-order valence-corrected chi connectivity index (χ4v) is 4.15. The number of nitrogens with zero attached hydrogens (tertiary/aromatic N) is 3. The van der Waals surface area contributed by atoms with Crippen LogP contribution in [-0.4, -0.2) is 32.9 Å². The fraction of sp³-hybridized carbons (Fsp3) is 0.471. The van der Waals surface area contributed by atoms with Gasteiger partial charge in [-0.3, -0.25) is 9.78 Å². The number of thiazole rings is 1. The molecule has 0 saturated carbocycles. The lowest BCUT2D eigenvalue weighted by Crippen LogP contribution is -2.47. The largest absolute Gasteiger partial charge is 0.332 e. The van der Waals surface area contributed by atoms with Gasteiger partial charge in [0.05, 0.1) is 5.69 Å². The third-order valence-electron chi connectivity index (χ3n) is 4.33. The van der Waals surface area contributed by atoms with Crippen molar-refractivity contribution >= 4 is 17.2 Å². The highest BCUT2D eigenvalue weighted by atomic mass is 32.1. The van der Waals surface area contributed by atoms with Crippen molar-refractivity contribution in [3.63, 3.8) is 0 Å². The Bertz CT molecular complexity index is 658. The number of carbonyl (C=O) groups excluding carboxylic acids is 1. The first-order valence-corrected chi connectivity index (χ1v) is 8.60. The van der Waals surface area contributed by atoms with Crippen molar-refractivity contribution in [3.05, 3.63) is 35.1 Å². The molecule has 2 aromatic heterocycles. The third-order valence-corrected chi connectivity index (χ3v) is 5.52. The average Bonchev–Trinajstić information content (AvgIpc) is 2.90. The number of carbonyl (C=O) groups is 1. The second-order valence-corrected chi connectivity index (χ2v) is 7.02. The Morgan fingerprint density at radius 1 is 1.32 bits per heavy atom. The topological polar surface area (TPSA) is 46.1 Å². The molecule has 1 aliphatic rings. The normalized spacial score (nSPS) is 21.9. The number of aryl methyl sites for hydroxylation is 1. The van der Waals surface area contributed by atoms with Crippen molar-refractivity contribution in [3.8, 4) is 10.6 Å². The molecule has 3 heterocycles. The molecule has 116 valence electrons. The molecule has 0 bridgehead atoms. The van der Waals surface area contributed by atoms with Gasteiger partial charge in [-0.15, -0.1) is 11.3 Å². The fourth-order valence-electron chi connectivity index (χ4n) is 3.15. The maximum Gasteiger partial charge on any atom is 0.266 e. The highest BCUT2D eigenvalue weighted by molar-refractivity contribution is 7.17. The van der Waals surface area contributed by atoms with Gasteiger partial charge in [-0.1, -0.05) is 0 Å². The van der Waals surface area contributed by atoms with Gasteiger partial charge in [-0.2, -0.15) is 0 Å². The van der Waals surface area contributed by atoms with E-state index < -0.39 is 0 Å². The predicted molar refractivity (Wildman–Crippen MR) is 89.0 cm³/mol. The highest BCUT2D eigenvalue weighted by Crippen LogP contribution is 2.31. The van der Waals surface area contributed by atoms with Crippen LogP contribution in [0.25, 0.3) is 10.6 Å². The van der Waals surface area contributed by atoms with E-state index in [1.54, 1.807) is 12.4 Å². The molecule has 22 heavy (non-hydrogen) atoms. The Hall–Kier alpha value is -1.75. The van der Waals surface area contributed by atoms with Gasteiger partial charge in [0.25, 0.3) is 5.91 Å². The summed E-state index contributed by atoms with van der Waals surface area (Å²) in [7, 11) is 0. The summed E-state index contributed by atoms with van der Waals surface area (Å²) < 4.78 is 0. The minimum absolute atomic E-state index is 0.129. The van der Waals surface area contributed by atoms with E-state index in [0.29, 0.717) is 12.1 Å². The summed E-state index contributed by atoms with van der Waals surface area (Å²) >= 11 is 1.48. The van der Waals surface area contributed by atoms with E-state index in [-0.39, 0.29) is 5.91 Å². The van der Waals surface area contributed by atoms with E-state index in [2.05, 4.69) is 23.8 Å². The summed E-state index contributed by atoms with van der Waals surface area (Å²) in [6.45, 7) is 6.21. The minimum Gasteiger partial charge on any atom is -0.332 e. The summed E-state index contributed by atoms with van der Waals surface area (Å²) in [5.74, 6) is 0.129. The number of amides is 1. The zero-order valence-corrected chi connectivity index (χ0v) is 14.1. The van der Waals surface area contributed by atoms with Gasteiger partial charge in [-0.05, 0) is 52.2 Å². The molecule has 0 spiro atoms. The highest BCUT2D eigenvalue weighted by Gasteiger charge is 2.31. The molecular weight excluding hydrogens is 294 g/mol. The third kappa shape index (κ3) is 2.77. The number of hydrogen-bond donors (Lipinski definition) is 0. The van der Waals surface area contributed by atoms with E-state index in [4.69, 9.17) is 0 Å². The monoisotopic (exact) mass is 315 g/mol.